The van der Waals surface area contributed by atoms with E-state index in [2.05, 4.69) is 22.3 Å². The number of carbonyl (C=O) groups excluding carboxylic acids is 1. The van der Waals surface area contributed by atoms with Crippen molar-refractivity contribution in [2.45, 2.75) is 32.8 Å². The average Bonchev–Trinajstić information content (AvgIpc) is 3.40. The minimum absolute atomic E-state index is 0.00691. The van der Waals surface area contributed by atoms with Crippen LogP contribution in [0.2, 0.25) is 0 Å². The van der Waals surface area contributed by atoms with Crippen LogP contribution in [0.4, 0.5) is 0 Å². The van der Waals surface area contributed by atoms with Crippen LogP contribution < -0.4 is 14.8 Å². The molecule has 0 radical (unpaired) electrons. The smallest absolute Gasteiger partial charge is 0.246 e. The maximum Gasteiger partial charge on any atom is 0.246 e. The summed E-state index contributed by atoms with van der Waals surface area (Å²) in [7, 11) is 0. The highest BCUT2D eigenvalue weighted by atomic mass is 16.7. The molecule has 0 bridgehead atoms. The summed E-state index contributed by atoms with van der Waals surface area (Å²) >= 11 is 0. The van der Waals surface area contributed by atoms with Crippen LogP contribution in [-0.4, -0.2) is 55.5 Å². The zero-order valence-corrected chi connectivity index (χ0v) is 17.4. The Morgan fingerprint density at radius 3 is 3.10 bits per heavy atom. The molecule has 2 aliphatic heterocycles. The van der Waals surface area contributed by atoms with E-state index in [1.807, 2.05) is 18.2 Å². The molecule has 1 N–H and O–H groups in total. The van der Waals surface area contributed by atoms with Crippen LogP contribution in [0.3, 0.4) is 0 Å². The van der Waals surface area contributed by atoms with E-state index in [0.717, 1.165) is 30.2 Å². The molecule has 3 heterocycles. The van der Waals surface area contributed by atoms with Gasteiger partial charge in [0.2, 0.25) is 12.7 Å². The first kappa shape index (κ1) is 20.7. The van der Waals surface area contributed by atoms with Gasteiger partial charge in [-0.1, -0.05) is 12.1 Å². The molecule has 1 aromatic carbocycles. The second-order valence-electron chi connectivity index (χ2n) is 7.99. The molecule has 8 heteroatoms. The highest BCUT2D eigenvalue weighted by Crippen LogP contribution is 2.36. The van der Waals surface area contributed by atoms with Gasteiger partial charge in [-0.15, -0.1) is 0 Å². The Morgan fingerprint density at radius 1 is 1.30 bits per heavy atom. The van der Waals surface area contributed by atoms with Gasteiger partial charge in [0.05, 0.1) is 6.61 Å². The molecule has 1 atom stereocenters. The third-order valence-electron chi connectivity index (χ3n) is 5.41. The van der Waals surface area contributed by atoms with Gasteiger partial charge in [-0.3, -0.25) is 4.79 Å². The lowest BCUT2D eigenvalue weighted by atomic mass is 10.0. The minimum Gasteiger partial charge on any atom is -0.454 e. The Hall–Kier alpha value is -2.58. The summed E-state index contributed by atoms with van der Waals surface area (Å²) in [5.74, 6) is 2.69. The molecule has 1 aromatic heterocycles. The van der Waals surface area contributed by atoms with Gasteiger partial charge < -0.3 is 29.0 Å². The first-order valence-electron chi connectivity index (χ1n) is 10.6. The number of hydrogen-bond acceptors (Lipinski definition) is 7. The van der Waals surface area contributed by atoms with Crippen LogP contribution in [0, 0.1) is 5.92 Å². The van der Waals surface area contributed by atoms with E-state index in [1.54, 1.807) is 6.07 Å². The molecule has 0 aliphatic carbocycles. The van der Waals surface area contributed by atoms with E-state index in [0.29, 0.717) is 23.7 Å². The van der Waals surface area contributed by atoms with Gasteiger partial charge in [0.15, 0.2) is 17.3 Å². The number of piperidine rings is 1. The van der Waals surface area contributed by atoms with Crippen LogP contribution in [0.25, 0.3) is 11.3 Å². The second kappa shape index (κ2) is 9.95. The lowest BCUT2D eigenvalue weighted by molar-refractivity contribution is -0.126. The third-order valence-corrected chi connectivity index (χ3v) is 5.41. The monoisotopic (exact) mass is 415 g/mol. The minimum atomic E-state index is -0.110. The quantitative estimate of drug-likeness (QED) is 0.630. The molecule has 0 saturated carbocycles. The number of likely N-dealkylation sites (tertiary alicyclic amines) is 1. The van der Waals surface area contributed by atoms with E-state index in [4.69, 9.17) is 18.7 Å². The van der Waals surface area contributed by atoms with E-state index < -0.39 is 0 Å². The van der Waals surface area contributed by atoms with Crippen molar-refractivity contribution in [3.8, 4) is 22.8 Å². The maximum atomic E-state index is 12.0. The van der Waals surface area contributed by atoms with Crippen molar-refractivity contribution in [2.75, 3.05) is 39.6 Å². The number of amides is 1. The summed E-state index contributed by atoms with van der Waals surface area (Å²) in [6, 6.07) is 7.38. The number of ether oxygens (including phenoxy) is 3. The highest BCUT2D eigenvalue weighted by molar-refractivity contribution is 5.77. The lowest BCUT2D eigenvalue weighted by Gasteiger charge is -2.30. The third kappa shape index (κ3) is 5.52. The van der Waals surface area contributed by atoms with Crippen molar-refractivity contribution in [1.82, 2.24) is 15.4 Å². The number of nitrogens with one attached hydrogen (secondary N) is 1. The lowest BCUT2D eigenvalue weighted by Crippen LogP contribution is -2.37. The molecule has 0 spiro atoms. The fraction of sp³-hybridized carbons (Fsp3) is 0.545. The molecule has 30 heavy (non-hydrogen) atoms. The summed E-state index contributed by atoms with van der Waals surface area (Å²) in [6.45, 7) is 6.81. The van der Waals surface area contributed by atoms with Gasteiger partial charge in [-0.2, -0.15) is 0 Å². The normalized spacial score (nSPS) is 18.5. The number of hydrogen-bond donors (Lipinski definition) is 1. The molecular formula is C22H29N3O5. The molecule has 1 saturated heterocycles. The van der Waals surface area contributed by atoms with Gasteiger partial charge in [0.25, 0.3) is 0 Å². The first-order valence-corrected chi connectivity index (χ1v) is 10.6. The van der Waals surface area contributed by atoms with Crippen LogP contribution in [0.5, 0.6) is 11.5 Å². The fourth-order valence-corrected chi connectivity index (χ4v) is 3.89. The van der Waals surface area contributed by atoms with Crippen molar-refractivity contribution in [2.24, 2.45) is 5.92 Å². The van der Waals surface area contributed by atoms with Crippen molar-refractivity contribution >= 4 is 5.91 Å². The topological polar surface area (TPSA) is 86.1 Å². The summed E-state index contributed by atoms with van der Waals surface area (Å²) < 4.78 is 21.6. The Labute approximate surface area is 176 Å². The largest absolute Gasteiger partial charge is 0.454 e. The number of nitrogens with zero attached hydrogens (tertiary/aromatic N) is 2. The molecule has 8 nitrogen and oxygen atoms in total. The van der Waals surface area contributed by atoms with E-state index in [1.165, 1.54) is 25.9 Å². The molecule has 2 aliphatic rings. The zero-order valence-electron chi connectivity index (χ0n) is 17.4. The Balaban J connectivity index is 1.13. The molecule has 4 rings (SSSR count). The number of benzene rings is 1. The number of fused-ring (bicyclic) bond motifs is 1. The van der Waals surface area contributed by atoms with Crippen molar-refractivity contribution in [3.63, 3.8) is 0 Å². The molecule has 1 amide bonds. The number of carbonyl (C=O) groups is 1. The standard InChI is InChI=1S/C22H29N3O5/c1-16-4-2-8-25(12-16)9-3-7-23-22(26)14-27-13-18-11-20(30-24-18)17-5-6-19-21(10-17)29-15-28-19/h5-6,10-11,16H,2-4,7-9,12-15H2,1H3,(H,23,26)/t16-/m0/s1. The molecule has 162 valence electrons. The summed E-state index contributed by atoms with van der Waals surface area (Å²) in [4.78, 5) is 14.4. The molecular weight excluding hydrogens is 386 g/mol. The number of aromatic nitrogens is 1. The van der Waals surface area contributed by atoms with Crippen LogP contribution in [-0.2, 0) is 16.1 Å². The van der Waals surface area contributed by atoms with Gasteiger partial charge in [0, 0.05) is 24.7 Å². The number of rotatable bonds is 9. The Kier molecular flexibility index (Phi) is 6.86. The van der Waals surface area contributed by atoms with Crippen LogP contribution >= 0.6 is 0 Å². The SMILES string of the molecule is C[C@H]1CCCN(CCCNC(=O)COCc2cc(-c3ccc4c(c3)OCO4)on2)C1. The van der Waals surface area contributed by atoms with Gasteiger partial charge in [-0.05, 0) is 56.5 Å². The van der Waals surface area contributed by atoms with Gasteiger partial charge >= 0.3 is 0 Å². The summed E-state index contributed by atoms with van der Waals surface area (Å²) in [5.41, 5.74) is 1.48. The van der Waals surface area contributed by atoms with E-state index in [9.17, 15) is 4.79 Å². The predicted octanol–water partition coefficient (Wildman–Crippen LogP) is 2.83. The average molecular weight is 415 g/mol. The van der Waals surface area contributed by atoms with Crippen molar-refractivity contribution in [1.29, 1.82) is 0 Å². The second-order valence-corrected chi connectivity index (χ2v) is 7.99. The van der Waals surface area contributed by atoms with Crippen molar-refractivity contribution in [3.05, 3.63) is 30.0 Å². The van der Waals surface area contributed by atoms with Crippen molar-refractivity contribution < 1.29 is 23.5 Å². The van der Waals surface area contributed by atoms with Gasteiger partial charge in [0.1, 0.15) is 12.3 Å². The highest BCUT2D eigenvalue weighted by Gasteiger charge is 2.17. The maximum absolute atomic E-state index is 12.0. The predicted molar refractivity (Wildman–Crippen MR) is 110 cm³/mol. The van der Waals surface area contributed by atoms with Crippen LogP contribution in [0.1, 0.15) is 31.9 Å². The first-order chi connectivity index (χ1) is 14.7. The summed E-state index contributed by atoms with van der Waals surface area (Å²) in [6.07, 6.45) is 3.56. The fourth-order valence-electron chi connectivity index (χ4n) is 3.89. The van der Waals surface area contributed by atoms with Gasteiger partial charge in [-0.25, -0.2) is 0 Å². The molecule has 0 unspecified atom stereocenters. The zero-order chi connectivity index (χ0) is 20.8. The van der Waals surface area contributed by atoms with Crippen LogP contribution in [0.15, 0.2) is 28.8 Å². The summed E-state index contributed by atoms with van der Waals surface area (Å²) in [5, 5.41) is 6.92. The molecule has 2 aromatic rings. The van der Waals surface area contributed by atoms with E-state index >= 15 is 0 Å². The Bertz CT molecular complexity index is 853. The molecule has 1 fully saturated rings. The van der Waals surface area contributed by atoms with E-state index in [-0.39, 0.29) is 25.9 Å². The Morgan fingerprint density at radius 2 is 2.20 bits per heavy atom.